The SMILES string of the molecule is CCOC(=O)c1ccc(NC(=O)C[NH+](C)Cc2ccc(OC(F)F)cc2)cc1. The highest BCUT2D eigenvalue weighted by molar-refractivity contribution is 5.93. The Labute approximate surface area is 162 Å². The number of halogens is 2. The number of nitrogens with one attached hydrogen (secondary N) is 2. The Kier molecular flexibility index (Phi) is 7.88. The predicted octanol–water partition coefficient (Wildman–Crippen LogP) is 2.12. The molecule has 1 atom stereocenters. The Morgan fingerprint density at radius 3 is 2.29 bits per heavy atom. The fourth-order valence-corrected chi connectivity index (χ4v) is 2.58. The Hall–Kier alpha value is -3.00. The standard InChI is InChI=1S/C20H22F2N2O4/c1-3-27-19(26)15-6-8-16(9-7-15)23-18(25)13-24(2)12-14-4-10-17(11-5-14)28-20(21)22/h4-11,20H,3,12-13H2,1-2H3,(H,23,25)/p+1. The molecule has 2 N–H and O–H groups in total. The second-order valence-corrected chi connectivity index (χ2v) is 6.18. The van der Waals surface area contributed by atoms with Gasteiger partial charge in [0.25, 0.3) is 5.91 Å². The van der Waals surface area contributed by atoms with Gasteiger partial charge < -0.3 is 19.7 Å². The van der Waals surface area contributed by atoms with E-state index in [0.717, 1.165) is 10.5 Å². The van der Waals surface area contributed by atoms with Crippen molar-refractivity contribution in [1.29, 1.82) is 0 Å². The van der Waals surface area contributed by atoms with E-state index >= 15 is 0 Å². The lowest BCUT2D eigenvalue weighted by molar-refractivity contribution is -0.885. The van der Waals surface area contributed by atoms with E-state index in [2.05, 4.69) is 10.1 Å². The van der Waals surface area contributed by atoms with Gasteiger partial charge in [0.1, 0.15) is 12.3 Å². The number of amides is 1. The molecule has 2 rings (SSSR count). The van der Waals surface area contributed by atoms with E-state index in [1.165, 1.54) is 12.1 Å². The van der Waals surface area contributed by atoms with Gasteiger partial charge in [-0.2, -0.15) is 8.78 Å². The van der Waals surface area contributed by atoms with Gasteiger partial charge in [0.05, 0.1) is 19.2 Å². The molecule has 0 bridgehead atoms. The molecular formula is C20H23F2N2O4+. The molecule has 2 aromatic rings. The molecule has 6 nitrogen and oxygen atoms in total. The van der Waals surface area contributed by atoms with Crippen LogP contribution in [-0.2, 0) is 16.1 Å². The van der Waals surface area contributed by atoms with Crippen molar-refractivity contribution in [3.05, 3.63) is 59.7 Å². The summed E-state index contributed by atoms with van der Waals surface area (Å²) in [5.74, 6) is -0.492. The third kappa shape index (κ3) is 6.96. The van der Waals surface area contributed by atoms with Gasteiger partial charge in [0, 0.05) is 11.3 Å². The van der Waals surface area contributed by atoms with Crippen molar-refractivity contribution < 1.29 is 32.7 Å². The van der Waals surface area contributed by atoms with Gasteiger partial charge in [0.15, 0.2) is 6.54 Å². The summed E-state index contributed by atoms with van der Waals surface area (Å²) in [6, 6.07) is 12.8. The molecule has 0 fully saturated rings. The van der Waals surface area contributed by atoms with Crippen LogP contribution in [0.25, 0.3) is 0 Å². The third-order valence-corrected chi connectivity index (χ3v) is 3.80. The third-order valence-electron chi connectivity index (χ3n) is 3.80. The van der Waals surface area contributed by atoms with Gasteiger partial charge in [-0.15, -0.1) is 0 Å². The number of benzene rings is 2. The summed E-state index contributed by atoms with van der Waals surface area (Å²) in [6.45, 7) is -0.0566. The molecule has 0 aromatic heterocycles. The zero-order valence-corrected chi connectivity index (χ0v) is 15.7. The first-order valence-corrected chi connectivity index (χ1v) is 8.79. The first kappa shape index (κ1) is 21.3. The van der Waals surface area contributed by atoms with Crippen molar-refractivity contribution in [3.63, 3.8) is 0 Å². The van der Waals surface area contributed by atoms with Crippen LogP contribution in [0.5, 0.6) is 5.75 Å². The largest absolute Gasteiger partial charge is 0.462 e. The van der Waals surface area contributed by atoms with E-state index in [9.17, 15) is 18.4 Å². The average Bonchev–Trinajstić information content (AvgIpc) is 2.63. The highest BCUT2D eigenvalue weighted by Gasteiger charge is 2.12. The maximum absolute atomic E-state index is 12.2. The van der Waals surface area contributed by atoms with Crippen molar-refractivity contribution in [1.82, 2.24) is 0 Å². The summed E-state index contributed by atoms with van der Waals surface area (Å²) < 4.78 is 33.5. The maximum Gasteiger partial charge on any atom is 0.387 e. The predicted molar refractivity (Wildman–Crippen MR) is 99.6 cm³/mol. The minimum absolute atomic E-state index is 0.0976. The fourth-order valence-electron chi connectivity index (χ4n) is 2.58. The second kappa shape index (κ2) is 10.4. The number of likely N-dealkylation sites (N-methyl/N-ethyl adjacent to an activating group) is 1. The van der Waals surface area contributed by atoms with E-state index in [4.69, 9.17) is 4.74 Å². The molecule has 0 heterocycles. The molecule has 1 unspecified atom stereocenters. The van der Waals surface area contributed by atoms with E-state index < -0.39 is 12.6 Å². The van der Waals surface area contributed by atoms with Crippen LogP contribution in [0.3, 0.4) is 0 Å². The minimum Gasteiger partial charge on any atom is -0.462 e. The van der Waals surface area contributed by atoms with Crippen LogP contribution in [0.1, 0.15) is 22.8 Å². The average molecular weight is 393 g/mol. The molecule has 0 saturated heterocycles. The molecule has 0 aliphatic rings. The number of ether oxygens (including phenoxy) is 2. The van der Waals surface area contributed by atoms with Gasteiger partial charge >= 0.3 is 12.6 Å². The molecule has 1 amide bonds. The zero-order chi connectivity index (χ0) is 20.5. The first-order valence-electron chi connectivity index (χ1n) is 8.79. The molecule has 28 heavy (non-hydrogen) atoms. The summed E-state index contributed by atoms with van der Waals surface area (Å²) >= 11 is 0. The van der Waals surface area contributed by atoms with Crippen molar-refractivity contribution in [2.45, 2.75) is 20.1 Å². The smallest absolute Gasteiger partial charge is 0.387 e. The van der Waals surface area contributed by atoms with Crippen LogP contribution >= 0.6 is 0 Å². The topological polar surface area (TPSA) is 69.1 Å². The Balaban J connectivity index is 1.82. The van der Waals surface area contributed by atoms with Gasteiger partial charge in [-0.05, 0) is 55.5 Å². The molecule has 0 saturated carbocycles. The number of carbonyl (C=O) groups excluding carboxylic acids is 2. The summed E-state index contributed by atoms with van der Waals surface area (Å²) in [4.78, 5) is 24.7. The van der Waals surface area contributed by atoms with Crippen molar-refractivity contribution in [3.8, 4) is 5.75 Å². The fraction of sp³-hybridized carbons (Fsp3) is 0.300. The van der Waals surface area contributed by atoms with E-state index in [1.54, 1.807) is 43.3 Å². The number of alkyl halides is 2. The molecule has 0 spiro atoms. The molecular weight excluding hydrogens is 370 g/mol. The van der Waals surface area contributed by atoms with Gasteiger partial charge in [-0.3, -0.25) is 4.79 Å². The molecule has 0 radical (unpaired) electrons. The minimum atomic E-state index is -2.85. The zero-order valence-electron chi connectivity index (χ0n) is 15.7. The summed E-state index contributed by atoms with van der Waals surface area (Å²) in [5.41, 5.74) is 1.90. The van der Waals surface area contributed by atoms with Gasteiger partial charge in [-0.25, -0.2) is 4.79 Å². The lowest BCUT2D eigenvalue weighted by Gasteiger charge is -2.14. The summed E-state index contributed by atoms with van der Waals surface area (Å²) in [7, 11) is 1.85. The highest BCUT2D eigenvalue weighted by Crippen LogP contribution is 2.14. The van der Waals surface area contributed by atoms with E-state index in [0.29, 0.717) is 24.4 Å². The molecule has 8 heteroatoms. The van der Waals surface area contributed by atoms with Crippen LogP contribution in [0.15, 0.2) is 48.5 Å². The molecule has 0 aliphatic heterocycles. The lowest BCUT2D eigenvalue weighted by atomic mass is 10.2. The van der Waals surface area contributed by atoms with Crippen LogP contribution in [0.4, 0.5) is 14.5 Å². The van der Waals surface area contributed by atoms with Crippen LogP contribution < -0.4 is 15.0 Å². The molecule has 0 aliphatic carbocycles. The number of quaternary nitrogens is 1. The summed E-state index contributed by atoms with van der Waals surface area (Å²) in [5, 5.41) is 2.77. The first-order chi connectivity index (χ1) is 13.4. The number of hydrogen-bond donors (Lipinski definition) is 2. The van der Waals surface area contributed by atoms with Crippen LogP contribution in [0, 0.1) is 0 Å². The summed E-state index contributed by atoms with van der Waals surface area (Å²) in [6.07, 6.45) is 0. The van der Waals surface area contributed by atoms with Crippen molar-refractivity contribution >= 4 is 17.6 Å². The van der Waals surface area contributed by atoms with Crippen molar-refractivity contribution in [2.75, 3.05) is 25.5 Å². The van der Waals surface area contributed by atoms with E-state index in [1.807, 2.05) is 7.05 Å². The maximum atomic E-state index is 12.2. The van der Waals surface area contributed by atoms with Crippen LogP contribution in [-0.4, -0.2) is 38.7 Å². The lowest BCUT2D eigenvalue weighted by Crippen LogP contribution is -3.08. The number of esters is 1. The Morgan fingerprint density at radius 1 is 1.07 bits per heavy atom. The quantitative estimate of drug-likeness (QED) is 0.641. The molecule has 150 valence electrons. The van der Waals surface area contributed by atoms with Crippen LogP contribution in [0.2, 0.25) is 0 Å². The monoisotopic (exact) mass is 393 g/mol. The number of carbonyl (C=O) groups is 2. The Bertz CT molecular complexity index is 780. The Morgan fingerprint density at radius 2 is 1.71 bits per heavy atom. The highest BCUT2D eigenvalue weighted by atomic mass is 19.3. The van der Waals surface area contributed by atoms with Gasteiger partial charge in [0.2, 0.25) is 0 Å². The van der Waals surface area contributed by atoms with Gasteiger partial charge in [-0.1, -0.05) is 0 Å². The van der Waals surface area contributed by atoms with Crippen molar-refractivity contribution in [2.24, 2.45) is 0 Å². The molecule has 2 aromatic carbocycles. The number of anilines is 1. The normalized spacial score (nSPS) is 11.8. The second-order valence-electron chi connectivity index (χ2n) is 6.18. The van der Waals surface area contributed by atoms with E-state index in [-0.39, 0.29) is 18.2 Å². The number of hydrogen-bond acceptors (Lipinski definition) is 4. The number of rotatable bonds is 9.